The third-order valence-electron chi connectivity index (χ3n) is 3.95. The van der Waals surface area contributed by atoms with Crippen molar-refractivity contribution >= 4 is 5.97 Å². The maximum Gasteiger partial charge on any atom is 0.305 e. The molecule has 4 heteroatoms. The van der Waals surface area contributed by atoms with E-state index in [9.17, 15) is 15.0 Å². The Morgan fingerprint density at radius 3 is 2.20 bits per heavy atom. The summed E-state index contributed by atoms with van der Waals surface area (Å²) in [4.78, 5) is 10.9. The second-order valence-electron chi connectivity index (χ2n) is 6.22. The van der Waals surface area contributed by atoms with Crippen molar-refractivity contribution in [2.45, 2.75) is 83.3 Å². The molecule has 4 nitrogen and oxygen atoms in total. The third-order valence-corrected chi connectivity index (χ3v) is 3.95. The van der Waals surface area contributed by atoms with Crippen LogP contribution in [-0.4, -0.2) is 35.5 Å². The quantitative estimate of drug-likeness (QED) is 0.259. The van der Waals surface area contributed by atoms with Gasteiger partial charge in [-0.3, -0.25) is 4.79 Å². The smallest absolute Gasteiger partial charge is 0.305 e. The van der Waals surface area contributed by atoms with Crippen molar-refractivity contribution in [1.29, 1.82) is 0 Å². The summed E-state index contributed by atoms with van der Waals surface area (Å²) in [5, 5.41) is 19.7. The van der Waals surface area contributed by atoms with Crippen molar-refractivity contribution in [3.8, 4) is 0 Å². The molecule has 25 heavy (non-hydrogen) atoms. The van der Waals surface area contributed by atoms with E-state index in [-0.39, 0.29) is 5.97 Å². The molecule has 2 atom stereocenters. The molecule has 0 saturated heterocycles. The first-order valence-corrected chi connectivity index (χ1v) is 9.49. The maximum atomic E-state index is 10.9. The number of esters is 1. The third kappa shape index (κ3) is 15.9. The summed E-state index contributed by atoms with van der Waals surface area (Å²) in [5.74, 6) is -0.154. The molecule has 2 N–H and O–H groups in total. The van der Waals surface area contributed by atoms with Crippen molar-refractivity contribution in [1.82, 2.24) is 0 Å². The number of unbranched alkanes of at least 4 members (excludes halogenated alkanes) is 3. The number of ether oxygens (including phenoxy) is 1. The number of methoxy groups -OCH3 is 1. The Balaban J connectivity index is 3.63. The van der Waals surface area contributed by atoms with Gasteiger partial charge in [-0.2, -0.15) is 0 Å². The van der Waals surface area contributed by atoms with Crippen molar-refractivity contribution in [2.75, 3.05) is 7.11 Å². The van der Waals surface area contributed by atoms with Gasteiger partial charge in [0.05, 0.1) is 19.3 Å². The number of aliphatic hydroxyl groups is 2. The van der Waals surface area contributed by atoms with Crippen LogP contribution in [0.15, 0.2) is 36.5 Å². The summed E-state index contributed by atoms with van der Waals surface area (Å²) in [6, 6.07) is 0. The SMILES string of the molecule is CCCCCC(O)C(O)C/C=C\C/C=C\C/C=C\CCCC(=O)OC. The van der Waals surface area contributed by atoms with Crippen LogP contribution in [0.1, 0.15) is 71.1 Å². The number of carbonyl (C=O) groups excluding carboxylic acids is 1. The maximum absolute atomic E-state index is 10.9. The average Bonchev–Trinajstić information content (AvgIpc) is 2.62. The number of hydrogen-bond donors (Lipinski definition) is 2. The highest BCUT2D eigenvalue weighted by molar-refractivity contribution is 5.69. The summed E-state index contributed by atoms with van der Waals surface area (Å²) in [6.07, 6.45) is 19.3. The highest BCUT2D eigenvalue weighted by atomic mass is 16.5. The topological polar surface area (TPSA) is 66.8 Å². The normalized spacial score (nSPS) is 14.6. The van der Waals surface area contributed by atoms with Crippen LogP contribution in [0.5, 0.6) is 0 Å². The summed E-state index contributed by atoms with van der Waals surface area (Å²) in [7, 11) is 1.41. The predicted molar refractivity (Wildman–Crippen MR) is 103 cm³/mol. The molecule has 0 aliphatic heterocycles. The van der Waals surface area contributed by atoms with E-state index < -0.39 is 12.2 Å². The highest BCUT2D eigenvalue weighted by Gasteiger charge is 2.13. The predicted octanol–water partition coefficient (Wildman–Crippen LogP) is 4.47. The first-order valence-electron chi connectivity index (χ1n) is 9.49. The van der Waals surface area contributed by atoms with Crippen LogP contribution in [-0.2, 0) is 9.53 Å². The van der Waals surface area contributed by atoms with Crippen LogP contribution in [0, 0.1) is 0 Å². The molecule has 0 aromatic carbocycles. The van der Waals surface area contributed by atoms with Gasteiger partial charge in [0.15, 0.2) is 0 Å². The molecular weight excluding hydrogens is 316 g/mol. The first-order chi connectivity index (χ1) is 12.1. The van der Waals surface area contributed by atoms with E-state index in [1.807, 2.05) is 12.2 Å². The van der Waals surface area contributed by atoms with E-state index >= 15 is 0 Å². The lowest BCUT2D eigenvalue weighted by Gasteiger charge is -2.15. The second kappa shape index (κ2) is 17.4. The zero-order chi connectivity index (χ0) is 18.8. The molecule has 0 aromatic rings. The second-order valence-corrected chi connectivity index (χ2v) is 6.22. The van der Waals surface area contributed by atoms with Gasteiger partial charge in [-0.05, 0) is 38.5 Å². The van der Waals surface area contributed by atoms with Crippen molar-refractivity contribution in [2.24, 2.45) is 0 Å². The molecule has 0 aliphatic carbocycles. The summed E-state index contributed by atoms with van der Waals surface area (Å²) >= 11 is 0. The van der Waals surface area contributed by atoms with Crippen LogP contribution in [0.4, 0.5) is 0 Å². The van der Waals surface area contributed by atoms with Gasteiger partial charge in [0.2, 0.25) is 0 Å². The van der Waals surface area contributed by atoms with Crippen LogP contribution in [0.2, 0.25) is 0 Å². The largest absolute Gasteiger partial charge is 0.469 e. The Kier molecular flexibility index (Phi) is 16.5. The fourth-order valence-corrected chi connectivity index (χ4v) is 2.31. The molecule has 0 heterocycles. The van der Waals surface area contributed by atoms with Gasteiger partial charge in [-0.15, -0.1) is 0 Å². The van der Waals surface area contributed by atoms with E-state index in [0.717, 1.165) is 44.9 Å². The Morgan fingerprint density at radius 1 is 0.920 bits per heavy atom. The van der Waals surface area contributed by atoms with Gasteiger partial charge < -0.3 is 14.9 Å². The van der Waals surface area contributed by atoms with Crippen LogP contribution in [0.3, 0.4) is 0 Å². The fourth-order valence-electron chi connectivity index (χ4n) is 2.31. The Labute approximate surface area is 153 Å². The van der Waals surface area contributed by atoms with Crippen molar-refractivity contribution in [3.63, 3.8) is 0 Å². The van der Waals surface area contributed by atoms with E-state index in [0.29, 0.717) is 19.3 Å². The lowest BCUT2D eigenvalue weighted by molar-refractivity contribution is -0.140. The van der Waals surface area contributed by atoms with E-state index in [2.05, 4.69) is 36.0 Å². The molecule has 0 aliphatic rings. The van der Waals surface area contributed by atoms with Gasteiger partial charge >= 0.3 is 5.97 Å². The summed E-state index contributed by atoms with van der Waals surface area (Å²) in [6.45, 7) is 2.13. The number of carbonyl (C=O) groups is 1. The van der Waals surface area contributed by atoms with Gasteiger partial charge in [0, 0.05) is 6.42 Å². The fraction of sp³-hybridized carbons (Fsp3) is 0.667. The Morgan fingerprint density at radius 2 is 1.56 bits per heavy atom. The van der Waals surface area contributed by atoms with E-state index in [1.54, 1.807) is 0 Å². The van der Waals surface area contributed by atoms with E-state index in [4.69, 9.17) is 0 Å². The standard InChI is InChI=1S/C21H36O4/c1-3-4-13-16-19(22)20(23)17-14-11-9-7-5-6-8-10-12-15-18-21(24)25-2/h5,7-8,10-11,14,19-20,22-23H,3-4,6,9,12-13,15-18H2,1-2H3/b7-5-,10-8-,14-11-. The zero-order valence-electron chi connectivity index (χ0n) is 15.9. The molecule has 2 unspecified atom stereocenters. The van der Waals surface area contributed by atoms with Gasteiger partial charge in [0.1, 0.15) is 0 Å². The molecule has 0 bridgehead atoms. The Hall–Kier alpha value is -1.39. The zero-order valence-corrected chi connectivity index (χ0v) is 15.9. The minimum absolute atomic E-state index is 0.154. The molecule has 144 valence electrons. The molecule has 0 saturated carbocycles. The van der Waals surface area contributed by atoms with Crippen LogP contribution >= 0.6 is 0 Å². The van der Waals surface area contributed by atoms with Crippen LogP contribution in [0.25, 0.3) is 0 Å². The molecule has 0 fully saturated rings. The molecule has 0 radical (unpaired) electrons. The number of allylic oxidation sites excluding steroid dienone is 5. The lowest BCUT2D eigenvalue weighted by atomic mass is 10.0. The molecule has 0 rings (SSSR count). The summed E-state index contributed by atoms with van der Waals surface area (Å²) < 4.78 is 4.58. The lowest BCUT2D eigenvalue weighted by Crippen LogP contribution is -2.25. The number of hydrogen-bond acceptors (Lipinski definition) is 4. The minimum atomic E-state index is -0.662. The molecule has 0 aromatic heterocycles. The highest BCUT2D eigenvalue weighted by Crippen LogP contribution is 2.10. The number of aliphatic hydroxyl groups excluding tert-OH is 2. The molecule has 0 spiro atoms. The van der Waals surface area contributed by atoms with Crippen molar-refractivity contribution in [3.05, 3.63) is 36.5 Å². The number of rotatable bonds is 15. The van der Waals surface area contributed by atoms with Gasteiger partial charge in [-0.1, -0.05) is 62.6 Å². The minimum Gasteiger partial charge on any atom is -0.469 e. The first kappa shape index (κ1) is 23.6. The van der Waals surface area contributed by atoms with Crippen molar-refractivity contribution < 1.29 is 19.7 Å². The van der Waals surface area contributed by atoms with Gasteiger partial charge in [0.25, 0.3) is 0 Å². The van der Waals surface area contributed by atoms with Crippen LogP contribution < -0.4 is 0 Å². The van der Waals surface area contributed by atoms with E-state index in [1.165, 1.54) is 7.11 Å². The average molecular weight is 353 g/mol. The Bertz CT molecular complexity index is 399. The summed E-state index contributed by atoms with van der Waals surface area (Å²) in [5.41, 5.74) is 0. The molecule has 0 amide bonds. The van der Waals surface area contributed by atoms with Gasteiger partial charge in [-0.25, -0.2) is 0 Å². The molecular formula is C21H36O4. The monoisotopic (exact) mass is 352 g/mol.